The van der Waals surface area contributed by atoms with Crippen LogP contribution in [0.15, 0.2) is 18.2 Å². The molecule has 1 aromatic heterocycles. The molecule has 24 heavy (non-hydrogen) atoms. The average molecular weight is 328 g/mol. The number of benzene rings is 1. The number of nitrogens with zero attached hydrogens (tertiary/aromatic N) is 3. The van der Waals surface area contributed by atoms with Gasteiger partial charge < -0.3 is 19.4 Å². The van der Waals surface area contributed by atoms with Gasteiger partial charge in [0.15, 0.2) is 11.5 Å². The summed E-state index contributed by atoms with van der Waals surface area (Å²) >= 11 is 0. The van der Waals surface area contributed by atoms with Crippen molar-refractivity contribution >= 4 is 5.91 Å². The highest BCUT2D eigenvalue weighted by molar-refractivity contribution is 5.79. The molecule has 0 aliphatic carbocycles. The Bertz CT molecular complexity index is 771. The normalized spacial score (nSPS) is 18.8. The van der Waals surface area contributed by atoms with E-state index < -0.39 is 0 Å². The molecule has 1 N–H and O–H groups in total. The Morgan fingerprint density at radius 3 is 3.00 bits per heavy atom. The van der Waals surface area contributed by atoms with E-state index in [2.05, 4.69) is 20.1 Å². The molecule has 0 bridgehead atoms. The molecule has 126 valence electrons. The summed E-state index contributed by atoms with van der Waals surface area (Å²) in [6, 6.07) is 5.79. The maximum Gasteiger partial charge on any atom is 0.224 e. The number of nitrogens with one attached hydrogen (secondary N) is 1. The third-order valence-corrected chi connectivity index (χ3v) is 4.47. The third kappa shape index (κ3) is 2.93. The van der Waals surface area contributed by atoms with Crippen LogP contribution in [-0.4, -0.2) is 39.9 Å². The van der Waals surface area contributed by atoms with Crippen molar-refractivity contribution < 1.29 is 14.3 Å². The van der Waals surface area contributed by atoms with Crippen LogP contribution in [0.2, 0.25) is 0 Å². The van der Waals surface area contributed by atoms with Gasteiger partial charge in [-0.15, -0.1) is 10.2 Å². The minimum Gasteiger partial charge on any atom is -0.486 e. The molecule has 7 heteroatoms. The summed E-state index contributed by atoms with van der Waals surface area (Å²) in [5.74, 6) is 3.38. The first-order chi connectivity index (χ1) is 11.7. The van der Waals surface area contributed by atoms with E-state index in [-0.39, 0.29) is 11.9 Å². The van der Waals surface area contributed by atoms with Crippen molar-refractivity contribution in [3.63, 3.8) is 0 Å². The lowest BCUT2D eigenvalue weighted by atomic mass is 10.1. The first kappa shape index (κ1) is 15.0. The third-order valence-electron chi connectivity index (χ3n) is 4.47. The average Bonchev–Trinajstić information content (AvgIpc) is 2.95. The van der Waals surface area contributed by atoms with Crippen LogP contribution in [-0.2, 0) is 24.2 Å². The van der Waals surface area contributed by atoms with Crippen LogP contribution in [0.3, 0.4) is 0 Å². The van der Waals surface area contributed by atoms with Crippen LogP contribution in [0.4, 0.5) is 0 Å². The molecule has 7 nitrogen and oxygen atoms in total. The maximum absolute atomic E-state index is 12.4. The zero-order valence-corrected chi connectivity index (χ0v) is 13.6. The predicted octanol–water partition coefficient (Wildman–Crippen LogP) is 1.03. The lowest BCUT2D eigenvalue weighted by Gasteiger charge is -2.25. The fourth-order valence-corrected chi connectivity index (χ4v) is 3.24. The number of amides is 1. The summed E-state index contributed by atoms with van der Waals surface area (Å²) in [7, 11) is 0. The molecule has 0 spiro atoms. The van der Waals surface area contributed by atoms with Crippen molar-refractivity contribution in [3.8, 4) is 11.5 Å². The molecule has 0 unspecified atom stereocenters. The van der Waals surface area contributed by atoms with Crippen molar-refractivity contribution in [3.05, 3.63) is 35.4 Å². The number of aryl methyl sites for hydroxylation is 2. The molecule has 0 saturated heterocycles. The number of aromatic nitrogens is 3. The SMILES string of the molecule is Cc1nnc2n1C[C@@H](NC(=O)Cc1ccc3c(c1)OCCO3)CC2. The second-order valence-corrected chi connectivity index (χ2v) is 6.23. The van der Waals surface area contributed by atoms with Gasteiger partial charge in [-0.1, -0.05) is 6.07 Å². The molecule has 3 heterocycles. The molecule has 0 saturated carbocycles. The van der Waals surface area contributed by atoms with Gasteiger partial charge in [-0.05, 0) is 31.0 Å². The van der Waals surface area contributed by atoms with Crippen LogP contribution in [0, 0.1) is 6.92 Å². The lowest BCUT2D eigenvalue weighted by molar-refractivity contribution is -0.121. The van der Waals surface area contributed by atoms with Gasteiger partial charge in [0.25, 0.3) is 0 Å². The minimum absolute atomic E-state index is 0.0193. The topological polar surface area (TPSA) is 78.3 Å². The Morgan fingerprint density at radius 1 is 1.29 bits per heavy atom. The van der Waals surface area contributed by atoms with Crippen LogP contribution >= 0.6 is 0 Å². The van der Waals surface area contributed by atoms with Gasteiger partial charge in [0.05, 0.1) is 6.42 Å². The summed E-state index contributed by atoms with van der Waals surface area (Å²) in [6.07, 6.45) is 2.07. The Morgan fingerprint density at radius 2 is 2.12 bits per heavy atom. The van der Waals surface area contributed by atoms with E-state index in [1.165, 1.54) is 0 Å². The molecule has 0 radical (unpaired) electrons. The fourth-order valence-electron chi connectivity index (χ4n) is 3.24. The summed E-state index contributed by atoms with van der Waals surface area (Å²) in [6.45, 7) is 3.79. The number of carbonyl (C=O) groups is 1. The zero-order valence-electron chi connectivity index (χ0n) is 13.6. The number of carbonyl (C=O) groups excluding carboxylic acids is 1. The highest BCUT2D eigenvalue weighted by atomic mass is 16.6. The molecule has 2 aliphatic rings. The van der Waals surface area contributed by atoms with E-state index in [1.807, 2.05) is 25.1 Å². The minimum atomic E-state index is 0.0193. The standard InChI is InChI=1S/C17H20N4O3/c1-11-19-20-16-5-3-13(10-21(11)16)18-17(22)9-12-2-4-14-15(8-12)24-7-6-23-14/h2,4,8,13H,3,5-7,9-10H2,1H3,(H,18,22)/t13-/m0/s1. The second kappa shape index (κ2) is 6.14. The van der Waals surface area contributed by atoms with Crippen molar-refractivity contribution in [1.29, 1.82) is 0 Å². The Hall–Kier alpha value is -2.57. The van der Waals surface area contributed by atoms with Crippen molar-refractivity contribution in [2.24, 2.45) is 0 Å². The van der Waals surface area contributed by atoms with E-state index in [0.717, 1.165) is 42.3 Å². The first-order valence-electron chi connectivity index (χ1n) is 8.25. The molecule has 2 aromatic rings. The molecular weight excluding hydrogens is 308 g/mol. The number of fused-ring (bicyclic) bond motifs is 2. The smallest absolute Gasteiger partial charge is 0.224 e. The quantitative estimate of drug-likeness (QED) is 0.910. The Kier molecular flexibility index (Phi) is 3.84. The molecule has 2 aliphatic heterocycles. The van der Waals surface area contributed by atoms with E-state index in [4.69, 9.17) is 9.47 Å². The second-order valence-electron chi connectivity index (χ2n) is 6.23. The van der Waals surface area contributed by atoms with Crippen LogP contribution in [0.25, 0.3) is 0 Å². The highest BCUT2D eigenvalue weighted by Crippen LogP contribution is 2.30. The maximum atomic E-state index is 12.4. The monoisotopic (exact) mass is 328 g/mol. The number of hydrogen-bond donors (Lipinski definition) is 1. The van der Waals surface area contributed by atoms with Gasteiger partial charge in [-0.25, -0.2) is 0 Å². The zero-order chi connectivity index (χ0) is 16.5. The van der Waals surface area contributed by atoms with Crippen LogP contribution in [0.1, 0.15) is 23.6 Å². The molecule has 4 rings (SSSR count). The molecule has 1 amide bonds. The van der Waals surface area contributed by atoms with Gasteiger partial charge in [0.2, 0.25) is 5.91 Å². The van der Waals surface area contributed by atoms with Gasteiger partial charge >= 0.3 is 0 Å². The van der Waals surface area contributed by atoms with Gasteiger partial charge in [-0.2, -0.15) is 0 Å². The summed E-state index contributed by atoms with van der Waals surface area (Å²) in [5.41, 5.74) is 0.925. The predicted molar refractivity (Wildman–Crippen MR) is 86.1 cm³/mol. The number of ether oxygens (including phenoxy) is 2. The van der Waals surface area contributed by atoms with Crippen LogP contribution in [0.5, 0.6) is 11.5 Å². The van der Waals surface area contributed by atoms with E-state index in [9.17, 15) is 4.79 Å². The van der Waals surface area contributed by atoms with Gasteiger partial charge in [0, 0.05) is 19.0 Å². The summed E-state index contributed by atoms with van der Waals surface area (Å²) in [4.78, 5) is 12.4. The van der Waals surface area contributed by atoms with Crippen molar-refractivity contribution in [2.45, 2.75) is 38.8 Å². The van der Waals surface area contributed by atoms with Crippen molar-refractivity contribution in [2.75, 3.05) is 13.2 Å². The van der Waals surface area contributed by atoms with E-state index in [0.29, 0.717) is 25.4 Å². The van der Waals surface area contributed by atoms with Gasteiger partial charge in [-0.3, -0.25) is 4.79 Å². The Balaban J connectivity index is 1.38. The number of rotatable bonds is 3. The lowest BCUT2D eigenvalue weighted by Crippen LogP contribution is -2.41. The molecular formula is C17H20N4O3. The van der Waals surface area contributed by atoms with Gasteiger partial charge in [0.1, 0.15) is 24.9 Å². The molecule has 1 aromatic carbocycles. The largest absolute Gasteiger partial charge is 0.486 e. The van der Waals surface area contributed by atoms with E-state index >= 15 is 0 Å². The van der Waals surface area contributed by atoms with Crippen molar-refractivity contribution in [1.82, 2.24) is 20.1 Å². The fraction of sp³-hybridized carbons (Fsp3) is 0.471. The molecule has 1 atom stereocenters. The highest BCUT2D eigenvalue weighted by Gasteiger charge is 2.23. The Labute approximate surface area is 140 Å². The van der Waals surface area contributed by atoms with Crippen LogP contribution < -0.4 is 14.8 Å². The van der Waals surface area contributed by atoms with E-state index in [1.54, 1.807) is 0 Å². The summed E-state index contributed by atoms with van der Waals surface area (Å²) < 4.78 is 13.1. The molecule has 0 fully saturated rings. The number of hydrogen-bond acceptors (Lipinski definition) is 5. The summed E-state index contributed by atoms with van der Waals surface area (Å²) in [5, 5.41) is 11.4. The first-order valence-corrected chi connectivity index (χ1v) is 8.25.